The highest BCUT2D eigenvalue weighted by Crippen LogP contribution is 2.38. The Morgan fingerprint density at radius 2 is 1.93 bits per heavy atom. The second kappa shape index (κ2) is 7.15. The van der Waals surface area contributed by atoms with Gasteiger partial charge >= 0.3 is 0 Å². The van der Waals surface area contributed by atoms with Crippen molar-refractivity contribution < 1.29 is 14.2 Å². The molecule has 0 atom stereocenters. The van der Waals surface area contributed by atoms with Gasteiger partial charge in [-0.1, -0.05) is 0 Å². The van der Waals surface area contributed by atoms with E-state index in [0.29, 0.717) is 12.4 Å². The molecule has 0 radical (unpaired) electrons. The molecule has 0 N–H and O–H groups in total. The number of nitriles is 1. The SMILES string of the molecule is CCOc1ccc(-c2csc3nc(-c4ccc5c(c4)OCO5)c(CC#N)n23)cc1. The summed E-state index contributed by atoms with van der Waals surface area (Å²) in [6.45, 7) is 2.83. The molecule has 144 valence electrons. The van der Waals surface area contributed by atoms with Crippen LogP contribution in [0.4, 0.5) is 0 Å². The fourth-order valence-electron chi connectivity index (χ4n) is 3.52. The minimum absolute atomic E-state index is 0.226. The third-order valence-electron chi connectivity index (χ3n) is 4.81. The van der Waals surface area contributed by atoms with Crippen LogP contribution in [-0.4, -0.2) is 22.8 Å². The maximum atomic E-state index is 9.47. The lowest BCUT2D eigenvalue weighted by atomic mass is 10.1. The molecule has 0 spiro atoms. The lowest BCUT2D eigenvalue weighted by Crippen LogP contribution is -1.96. The molecular formula is C22H17N3O3S. The number of hydrogen-bond donors (Lipinski definition) is 0. The minimum atomic E-state index is 0.226. The van der Waals surface area contributed by atoms with Crippen LogP contribution in [0.1, 0.15) is 12.6 Å². The number of benzene rings is 2. The van der Waals surface area contributed by atoms with Crippen molar-refractivity contribution in [1.29, 1.82) is 5.26 Å². The molecule has 6 nitrogen and oxygen atoms in total. The zero-order valence-electron chi connectivity index (χ0n) is 15.7. The van der Waals surface area contributed by atoms with Crippen molar-refractivity contribution in [2.45, 2.75) is 13.3 Å². The molecule has 7 heteroatoms. The van der Waals surface area contributed by atoms with E-state index < -0.39 is 0 Å². The van der Waals surface area contributed by atoms with Crippen molar-refractivity contribution >= 4 is 16.3 Å². The first kappa shape index (κ1) is 17.6. The molecule has 5 rings (SSSR count). The van der Waals surface area contributed by atoms with Gasteiger partial charge in [0.05, 0.1) is 36.2 Å². The summed E-state index contributed by atoms with van der Waals surface area (Å²) in [7, 11) is 0. The molecule has 0 fully saturated rings. The molecule has 2 aromatic carbocycles. The summed E-state index contributed by atoms with van der Waals surface area (Å²) in [6.07, 6.45) is 0.256. The molecule has 1 aliphatic rings. The van der Waals surface area contributed by atoms with Crippen LogP contribution in [-0.2, 0) is 6.42 Å². The highest BCUT2D eigenvalue weighted by Gasteiger charge is 2.21. The molecular weight excluding hydrogens is 386 g/mol. The van der Waals surface area contributed by atoms with E-state index in [1.54, 1.807) is 11.3 Å². The van der Waals surface area contributed by atoms with Crippen molar-refractivity contribution in [2.75, 3.05) is 13.4 Å². The van der Waals surface area contributed by atoms with Crippen molar-refractivity contribution in [2.24, 2.45) is 0 Å². The molecule has 0 aliphatic carbocycles. The van der Waals surface area contributed by atoms with E-state index in [1.807, 2.05) is 49.4 Å². The Kier molecular flexibility index (Phi) is 4.34. The Morgan fingerprint density at radius 3 is 2.72 bits per heavy atom. The maximum Gasteiger partial charge on any atom is 0.231 e. The summed E-state index contributed by atoms with van der Waals surface area (Å²) in [5.74, 6) is 2.27. The van der Waals surface area contributed by atoms with Crippen LogP contribution in [0, 0.1) is 11.3 Å². The zero-order chi connectivity index (χ0) is 19.8. The molecule has 0 saturated heterocycles. The van der Waals surface area contributed by atoms with E-state index >= 15 is 0 Å². The van der Waals surface area contributed by atoms with Gasteiger partial charge in [0, 0.05) is 10.9 Å². The molecule has 4 aromatic rings. The molecule has 0 saturated carbocycles. The summed E-state index contributed by atoms with van der Waals surface area (Å²) < 4.78 is 18.5. The Labute approximate surface area is 171 Å². The smallest absolute Gasteiger partial charge is 0.231 e. The van der Waals surface area contributed by atoms with E-state index in [9.17, 15) is 5.26 Å². The van der Waals surface area contributed by atoms with Crippen LogP contribution in [0.25, 0.3) is 27.5 Å². The normalized spacial score (nSPS) is 12.3. The highest BCUT2D eigenvalue weighted by molar-refractivity contribution is 7.15. The van der Waals surface area contributed by atoms with E-state index in [-0.39, 0.29) is 13.2 Å². The van der Waals surface area contributed by atoms with E-state index in [4.69, 9.17) is 19.2 Å². The van der Waals surface area contributed by atoms with Crippen LogP contribution >= 0.6 is 11.3 Å². The molecule has 0 unspecified atom stereocenters. The second-order valence-corrected chi connectivity index (χ2v) is 7.34. The summed E-state index contributed by atoms with van der Waals surface area (Å²) in [5, 5.41) is 11.5. The Balaban J connectivity index is 1.64. The number of hydrogen-bond acceptors (Lipinski definition) is 6. The number of imidazole rings is 1. The standard InChI is InChI=1S/C22H17N3O3S/c1-2-26-16-6-3-14(4-7-16)18-12-29-22-24-21(17(9-10-23)25(18)22)15-5-8-19-20(11-15)28-13-27-19/h3-8,11-12H,2,9,13H2,1H3. The van der Waals surface area contributed by atoms with Crippen LogP contribution in [0.2, 0.25) is 0 Å². The van der Waals surface area contributed by atoms with Crippen molar-refractivity contribution in [1.82, 2.24) is 9.38 Å². The number of aromatic nitrogens is 2. The quantitative estimate of drug-likeness (QED) is 0.473. The van der Waals surface area contributed by atoms with Gasteiger partial charge in [0.25, 0.3) is 0 Å². The van der Waals surface area contributed by atoms with Gasteiger partial charge in [-0.3, -0.25) is 4.40 Å². The van der Waals surface area contributed by atoms with Crippen LogP contribution < -0.4 is 14.2 Å². The first-order valence-electron chi connectivity index (χ1n) is 9.27. The summed E-state index contributed by atoms with van der Waals surface area (Å²) in [4.78, 5) is 5.68. The summed E-state index contributed by atoms with van der Waals surface area (Å²) in [5.41, 5.74) is 4.63. The predicted octanol–water partition coefficient (Wildman–Crippen LogP) is 4.92. The maximum absolute atomic E-state index is 9.47. The van der Waals surface area contributed by atoms with Crippen LogP contribution in [0.5, 0.6) is 17.2 Å². The Morgan fingerprint density at radius 1 is 1.14 bits per heavy atom. The lowest BCUT2D eigenvalue weighted by Gasteiger charge is -2.07. The fraction of sp³-hybridized carbons (Fsp3) is 0.182. The van der Waals surface area contributed by atoms with E-state index in [2.05, 4.69) is 15.8 Å². The lowest BCUT2D eigenvalue weighted by molar-refractivity contribution is 0.174. The molecule has 1 aliphatic heterocycles. The van der Waals surface area contributed by atoms with Crippen LogP contribution in [0.3, 0.4) is 0 Å². The number of ether oxygens (including phenoxy) is 3. The summed E-state index contributed by atoms with van der Waals surface area (Å²) in [6, 6.07) is 16.0. The van der Waals surface area contributed by atoms with Gasteiger partial charge in [0.1, 0.15) is 5.75 Å². The Bertz CT molecular complexity index is 1230. The summed E-state index contributed by atoms with van der Waals surface area (Å²) >= 11 is 1.56. The third-order valence-corrected chi connectivity index (χ3v) is 5.64. The average Bonchev–Trinajstić information content (AvgIpc) is 3.44. The van der Waals surface area contributed by atoms with Gasteiger partial charge in [-0.15, -0.1) is 11.3 Å². The number of fused-ring (bicyclic) bond motifs is 2. The molecule has 0 amide bonds. The second-order valence-electron chi connectivity index (χ2n) is 6.51. The number of nitrogens with zero attached hydrogens (tertiary/aromatic N) is 3. The van der Waals surface area contributed by atoms with Crippen molar-refractivity contribution in [3.8, 4) is 45.8 Å². The van der Waals surface area contributed by atoms with Crippen molar-refractivity contribution in [3.63, 3.8) is 0 Å². The van der Waals surface area contributed by atoms with E-state index in [0.717, 1.165) is 44.7 Å². The van der Waals surface area contributed by atoms with Gasteiger partial charge in [0.2, 0.25) is 6.79 Å². The van der Waals surface area contributed by atoms with Gasteiger partial charge in [-0.25, -0.2) is 4.98 Å². The number of thiazole rings is 1. The van der Waals surface area contributed by atoms with Gasteiger partial charge < -0.3 is 14.2 Å². The first-order valence-corrected chi connectivity index (χ1v) is 10.2. The van der Waals surface area contributed by atoms with Crippen molar-refractivity contribution in [3.05, 3.63) is 53.5 Å². The fourth-order valence-corrected chi connectivity index (χ4v) is 4.44. The minimum Gasteiger partial charge on any atom is -0.494 e. The number of rotatable bonds is 5. The third kappa shape index (κ3) is 2.98. The monoisotopic (exact) mass is 403 g/mol. The van der Waals surface area contributed by atoms with Gasteiger partial charge in [-0.2, -0.15) is 5.26 Å². The molecule has 3 heterocycles. The van der Waals surface area contributed by atoms with Crippen LogP contribution in [0.15, 0.2) is 47.8 Å². The molecule has 29 heavy (non-hydrogen) atoms. The van der Waals surface area contributed by atoms with Gasteiger partial charge in [-0.05, 0) is 55.0 Å². The predicted molar refractivity (Wildman–Crippen MR) is 111 cm³/mol. The average molecular weight is 403 g/mol. The van der Waals surface area contributed by atoms with Gasteiger partial charge in [0.15, 0.2) is 16.5 Å². The van der Waals surface area contributed by atoms with E-state index in [1.165, 1.54) is 0 Å². The molecule has 2 aromatic heterocycles. The topological polar surface area (TPSA) is 68.8 Å². The zero-order valence-corrected chi connectivity index (χ0v) is 16.5. The largest absolute Gasteiger partial charge is 0.494 e. The first-order chi connectivity index (χ1) is 14.3. The molecule has 0 bridgehead atoms. The Hall–Kier alpha value is -3.50. The highest BCUT2D eigenvalue weighted by atomic mass is 32.1.